The highest BCUT2D eigenvalue weighted by Crippen LogP contribution is 2.26. The number of rotatable bonds is 5. The van der Waals surface area contributed by atoms with E-state index in [4.69, 9.17) is 4.74 Å². The first kappa shape index (κ1) is 15.3. The highest BCUT2D eigenvalue weighted by Gasteiger charge is 2.17. The van der Waals surface area contributed by atoms with Crippen molar-refractivity contribution in [1.82, 2.24) is 14.8 Å². The van der Waals surface area contributed by atoms with Gasteiger partial charge in [0.05, 0.1) is 12.3 Å². The van der Waals surface area contributed by atoms with Crippen molar-refractivity contribution in [3.63, 3.8) is 0 Å². The first-order chi connectivity index (χ1) is 11.2. The molecule has 0 saturated heterocycles. The molecule has 0 spiro atoms. The van der Waals surface area contributed by atoms with Gasteiger partial charge in [0.15, 0.2) is 5.82 Å². The van der Waals surface area contributed by atoms with Crippen molar-refractivity contribution in [2.75, 3.05) is 6.61 Å². The molecule has 0 N–H and O–H groups in total. The maximum absolute atomic E-state index is 5.76. The molecule has 0 aliphatic carbocycles. The van der Waals surface area contributed by atoms with Crippen LogP contribution in [0.5, 0.6) is 5.88 Å². The smallest absolute Gasteiger partial charge is 0.237 e. The van der Waals surface area contributed by atoms with Gasteiger partial charge < -0.3 is 4.74 Å². The summed E-state index contributed by atoms with van der Waals surface area (Å²) in [5.74, 6) is 1.50. The van der Waals surface area contributed by atoms with Crippen LogP contribution in [0.3, 0.4) is 0 Å². The van der Waals surface area contributed by atoms with Gasteiger partial charge in [0.1, 0.15) is 0 Å². The highest BCUT2D eigenvalue weighted by molar-refractivity contribution is 5.40. The molecule has 0 atom stereocenters. The molecule has 2 aromatic heterocycles. The number of nitrogens with zero attached hydrogens (tertiary/aromatic N) is 3. The second kappa shape index (κ2) is 6.65. The molecule has 4 heteroatoms. The molecule has 118 valence electrons. The van der Waals surface area contributed by atoms with E-state index in [1.807, 2.05) is 42.9 Å². The summed E-state index contributed by atoms with van der Waals surface area (Å²) >= 11 is 0. The predicted molar refractivity (Wildman–Crippen MR) is 91.3 cm³/mol. The number of aromatic nitrogens is 3. The van der Waals surface area contributed by atoms with Gasteiger partial charge in [-0.3, -0.25) is 0 Å². The maximum atomic E-state index is 5.76. The third-order valence-electron chi connectivity index (χ3n) is 3.82. The molecule has 23 heavy (non-hydrogen) atoms. The Kier molecular flexibility index (Phi) is 4.42. The normalized spacial score (nSPS) is 10.7. The van der Waals surface area contributed by atoms with Gasteiger partial charge in [-0.1, -0.05) is 36.4 Å². The van der Waals surface area contributed by atoms with Gasteiger partial charge in [-0.05, 0) is 38.0 Å². The summed E-state index contributed by atoms with van der Waals surface area (Å²) < 4.78 is 7.62. The first-order valence-electron chi connectivity index (χ1n) is 7.87. The van der Waals surface area contributed by atoms with Crippen LogP contribution in [0.1, 0.15) is 29.3 Å². The van der Waals surface area contributed by atoms with Crippen LogP contribution in [0.25, 0.3) is 5.82 Å². The molecule has 0 unspecified atom stereocenters. The van der Waals surface area contributed by atoms with E-state index in [-0.39, 0.29) is 0 Å². The Morgan fingerprint density at radius 1 is 1.04 bits per heavy atom. The van der Waals surface area contributed by atoms with Crippen LogP contribution in [0.2, 0.25) is 0 Å². The molecule has 0 saturated carbocycles. The summed E-state index contributed by atoms with van der Waals surface area (Å²) in [4.78, 5) is 4.48. The Hall–Kier alpha value is -2.62. The van der Waals surface area contributed by atoms with Crippen molar-refractivity contribution in [3.05, 3.63) is 71.0 Å². The molecular formula is C19H21N3O. The fraction of sp³-hybridized carbons (Fsp3) is 0.263. The summed E-state index contributed by atoms with van der Waals surface area (Å²) in [6, 6.07) is 14.4. The molecule has 0 fully saturated rings. The van der Waals surface area contributed by atoms with Crippen molar-refractivity contribution in [2.45, 2.75) is 27.2 Å². The van der Waals surface area contributed by atoms with Crippen molar-refractivity contribution >= 4 is 0 Å². The van der Waals surface area contributed by atoms with Crippen LogP contribution in [-0.2, 0) is 6.42 Å². The number of hydrogen-bond acceptors (Lipinski definition) is 3. The Bertz CT molecular complexity index is 776. The topological polar surface area (TPSA) is 39.9 Å². The summed E-state index contributed by atoms with van der Waals surface area (Å²) in [6.45, 7) is 6.67. The third-order valence-corrected chi connectivity index (χ3v) is 3.82. The Morgan fingerprint density at radius 2 is 1.83 bits per heavy atom. The van der Waals surface area contributed by atoms with Crippen LogP contribution in [-0.4, -0.2) is 21.4 Å². The van der Waals surface area contributed by atoms with Gasteiger partial charge in [-0.2, -0.15) is 0 Å². The Balaban J connectivity index is 2.02. The summed E-state index contributed by atoms with van der Waals surface area (Å²) in [6.07, 6.45) is 2.65. The molecule has 0 aliphatic heterocycles. The van der Waals surface area contributed by atoms with E-state index < -0.39 is 0 Å². The van der Waals surface area contributed by atoms with Crippen molar-refractivity contribution in [1.29, 1.82) is 0 Å². The summed E-state index contributed by atoms with van der Waals surface area (Å²) in [7, 11) is 0. The van der Waals surface area contributed by atoms with Crippen LogP contribution in [0.4, 0.5) is 0 Å². The lowest BCUT2D eigenvalue weighted by Gasteiger charge is -2.05. The number of pyridine rings is 1. The molecule has 0 bridgehead atoms. The lowest BCUT2D eigenvalue weighted by atomic mass is 10.1. The summed E-state index contributed by atoms with van der Waals surface area (Å²) in [5.41, 5.74) is 4.55. The standard InChI is InChI=1S/C19H21N3O/c1-4-23-19-17(12-16-8-6-5-7-9-16)15(3)22(21-19)18-11-10-14(2)13-20-18/h5-11,13H,4,12H2,1-3H3. The second-order valence-electron chi connectivity index (χ2n) is 5.57. The van der Waals surface area contributed by atoms with Gasteiger partial charge in [0, 0.05) is 18.2 Å². The van der Waals surface area contributed by atoms with Crippen LogP contribution in [0.15, 0.2) is 48.7 Å². The molecule has 0 aliphatic rings. The van der Waals surface area contributed by atoms with Crippen molar-refractivity contribution < 1.29 is 4.74 Å². The van der Waals surface area contributed by atoms with E-state index in [9.17, 15) is 0 Å². The van der Waals surface area contributed by atoms with Crippen LogP contribution in [0, 0.1) is 13.8 Å². The second-order valence-corrected chi connectivity index (χ2v) is 5.57. The van der Waals surface area contributed by atoms with Gasteiger partial charge in [0.25, 0.3) is 0 Å². The molecule has 0 radical (unpaired) electrons. The third kappa shape index (κ3) is 3.26. The number of hydrogen-bond donors (Lipinski definition) is 0. The average Bonchev–Trinajstić information content (AvgIpc) is 2.86. The van der Waals surface area contributed by atoms with E-state index >= 15 is 0 Å². The fourth-order valence-corrected chi connectivity index (χ4v) is 2.57. The molecule has 2 heterocycles. The predicted octanol–water partition coefficient (Wildman–Crippen LogP) is 3.87. The van der Waals surface area contributed by atoms with E-state index in [0.717, 1.165) is 29.1 Å². The van der Waals surface area contributed by atoms with Gasteiger partial charge in [-0.15, -0.1) is 5.10 Å². The van der Waals surface area contributed by atoms with Crippen molar-refractivity contribution in [3.8, 4) is 11.7 Å². The molecule has 3 aromatic rings. The monoisotopic (exact) mass is 307 g/mol. The zero-order valence-electron chi connectivity index (χ0n) is 13.8. The van der Waals surface area contributed by atoms with Crippen LogP contribution >= 0.6 is 0 Å². The van der Waals surface area contributed by atoms with E-state index in [1.54, 1.807) is 0 Å². The number of benzene rings is 1. The van der Waals surface area contributed by atoms with E-state index in [1.165, 1.54) is 5.56 Å². The maximum Gasteiger partial charge on any atom is 0.237 e. The van der Waals surface area contributed by atoms with Gasteiger partial charge in [0.2, 0.25) is 5.88 Å². The largest absolute Gasteiger partial charge is 0.477 e. The quantitative estimate of drug-likeness (QED) is 0.718. The highest BCUT2D eigenvalue weighted by atomic mass is 16.5. The Labute approximate surface area is 136 Å². The van der Waals surface area contributed by atoms with Crippen molar-refractivity contribution in [2.24, 2.45) is 0 Å². The minimum absolute atomic E-state index is 0.597. The molecule has 4 nitrogen and oxygen atoms in total. The SMILES string of the molecule is CCOc1nn(-c2ccc(C)cn2)c(C)c1Cc1ccccc1. The number of aryl methyl sites for hydroxylation is 1. The lowest BCUT2D eigenvalue weighted by molar-refractivity contribution is 0.321. The zero-order chi connectivity index (χ0) is 16.2. The molecular weight excluding hydrogens is 286 g/mol. The van der Waals surface area contributed by atoms with Gasteiger partial charge >= 0.3 is 0 Å². The average molecular weight is 307 g/mol. The molecule has 3 rings (SSSR count). The van der Waals surface area contributed by atoms with Gasteiger partial charge in [-0.25, -0.2) is 9.67 Å². The lowest BCUT2D eigenvalue weighted by Crippen LogP contribution is -2.02. The summed E-state index contributed by atoms with van der Waals surface area (Å²) in [5, 5.41) is 4.63. The first-order valence-corrected chi connectivity index (χ1v) is 7.87. The minimum atomic E-state index is 0.597. The fourth-order valence-electron chi connectivity index (χ4n) is 2.57. The molecule has 0 amide bonds. The van der Waals surface area contributed by atoms with E-state index in [2.05, 4.69) is 41.3 Å². The van der Waals surface area contributed by atoms with Crippen LogP contribution < -0.4 is 4.74 Å². The Morgan fingerprint density at radius 3 is 2.48 bits per heavy atom. The van der Waals surface area contributed by atoms with E-state index in [0.29, 0.717) is 12.5 Å². The molecule has 1 aromatic carbocycles. The number of ether oxygens (including phenoxy) is 1. The minimum Gasteiger partial charge on any atom is -0.477 e. The zero-order valence-corrected chi connectivity index (χ0v) is 13.8.